The second-order valence-electron chi connectivity index (χ2n) is 7.94. The number of carbonyl (C=O) groups is 1. The van der Waals surface area contributed by atoms with E-state index >= 15 is 0 Å². The van der Waals surface area contributed by atoms with Crippen LogP contribution in [0.2, 0.25) is 0 Å². The van der Waals surface area contributed by atoms with Crippen LogP contribution in [0.1, 0.15) is 43.5 Å². The van der Waals surface area contributed by atoms with Crippen LogP contribution in [0.5, 0.6) is 0 Å². The number of nitrogens with zero attached hydrogens (tertiary/aromatic N) is 6. The van der Waals surface area contributed by atoms with Gasteiger partial charge in [0.15, 0.2) is 0 Å². The minimum absolute atomic E-state index is 0.153. The highest BCUT2D eigenvalue weighted by molar-refractivity contribution is 5.76. The molecule has 3 aromatic rings. The zero-order chi connectivity index (χ0) is 20.9. The average Bonchev–Trinajstić information content (AvgIpc) is 3.42. The van der Waals surface area contributed by atoms with Crippen LogP contribution < -0.4 is 0 Å². The number of rotatable bonds is 7. The minimum atomic E-state index is 0.153. The van der Waals surface area contributed by atoms with Gasteiger partial charge in [-0.05, 0) is 38.7 Å². The summed E-state index contributed by atoms with van der Waals surface area (Å²) in [6, 6.07) is 7.98. The topological polar surface area (TPSA) is 89.9 Å². The highest BCUT2D eigenvalue weighted by Crippen LogP contribution is 2.22. The zero-order valence-corrected chi connectivity index (χ0v) is 17.6. The van der Waals surface area contributed by atoms with Crippen molar-refractivity contribution in [1.29, 1.82) is 0 Å². The Balaban J connectivity index is 1.24. The van der Waals surface area contributed by atoms with E-state index in [1.54, 1.807) is 6.33 Å². The Labute approximate surface area is 176 Å². The zero-order valence-electron chi connectivity index (χ0n) is 17.6. The number of hydrogen-bond acceptors (Lipinski definition) is 6. The second-order valence-corrected chi connectivity index (χ2v) is 7.94. The molecular weight excluding hydrogens is 380 g/mol. The van der Waals surface area contributed by atoms with Crippen molar-refractivity contribution < 1.29 is 9.32 Å². The lowest BCUT2D eigenvalue weighted by Crippen LogP contribution is -2.39. The van der Waals surface area contributed by atoms with Gasteiger partial charge < -0.3 is 14.0 Å². The maximum absolute atomic E-state index is 12.6. The first kappa shape index (κ1) is 20.3. The first-order chi connectivity index (χ1) is 14.6. The number of aromatic nitrogens is 5. The summed E-state index contributed by atoms with van der Waals surface area (Å²) in [6.07, 6.45) is 5.58. The quantitative estimate of drug-likeness (QED) is 0.597. The third-order valence-corrected chi connectivity index (χ3v) is 5.77. The highest BCUT2D eigenvalue weighted by Gasteiger charge is 2.24. The van der Waals surface area contributed by atoms with Crippen molar-refractivity contribution in [2.75, 3.05) is 13.1 Å². The number of benzene rings is 1. The van der Waals surface area contributed by atoms with Crippen molar-refractivity contribution in [3.05, 3.63) is 47.9 Å². The highest BCUT2D eigenvalue weighted by atomic mass is 16.5. The van der Waals surface area contributed by atoms with E-state index < -0.39 is 0 Å². The Hall–Kier alpha value is -3.03. The lowest BCUT2D eigenvalue weighted by Gasteiger charge is -2.31. The molecule has 1 aliphatic rings. The summed E-state index contributed by atoms with van der Waals surface area (Å²) in [5, 5.41) is 12.3. The van der Waals surface area contributed by atoms with Crippen LogP contribution in [0, 0.1) is 12.8 Å². The molecule has 8 heteroatoms. The third kappa shape index (κ3) is 4.75. The van der Waals surface area contributed by atoms with Gasteiger partial charge in [-0.3, -0.25) is 4.79 Å². The maximum Gasteiger partial charge on any atom is 0.227 e. The molecule has 1 aromatic carbocycles. The monoisotopic (exact) mass is 408 g/mol. The van der Waals surface area contributed by atoms with Crippen LogP contribution >= 0.6 is 0 Å². The molecule has 1 aliphatic heterocycles. The van der Waals surface area contributed by atoms with E-state index in [1.807, 2.05) is 36.1 Å². The summed E-state index contributed by atoms with van der Waals surface area (Å²) < 4.78 is 7.44. The van der Waals surface area contributed by atoms with E-state index in [2.05, 4.69) is 31.8 Å². The fourth-order valence-corrected chi connectivity index (χ4v) is 3.98. The van der Waals surface area contributed by atoms with Gasteiger partial charge in [0.1, 0.15) is 12.2 Å². The minimum Gasteiger partial charge on any atom is -0.343 e. The molecule has 0 N–H and O–H groups in total. The SMILES string of the molecule is CCn1cnnc1CC1CCN(C(=O)CCc2nc(-c3cccc(C)c3)no2)CC1. The molecule has 4 rings (SSSR count). The molecule has 8 nitrogen and oxygen atoms in total. The molecule has 30 heavy (non-hydrogen) atoms. The van der Waals surface area contributed by atoms with Crippen molar-refractivity contribution in [2.24, 2.45) is 5.92 Å². The van der Waals surface area contributed by atoms with Gasteiger partial charge in [0, 0.05) is 44.5 Å². The van der Waals surface area contributed by atoms with E-state index in [9.17, 15) is 4.79 Å². The first-order valence-electron chi connectivity index (χ1n) is 10.7. The van der Waals surface area contributed by atoms with Gasteiger partial charge in [-0.25, -0.2) is 0 Å². The summed E-state index contributed by atoms with van der Waals surface area (Å²) >= 11 is 0. The van der Waals surface area contributed by atoms with E-state index in [-0.39, 0.29) is 5.91 Å². The predicted octanol–water partition coefficient (Wildman–Crippen LogP) is 3.07. The lowest BCUT2D eigenvalue weighted by molar-refractivity contribution is -0.132. The van der Waals surface area contributed by atoms with Crippen LogP contribution in [0.3, 0.4) is 0 Å². The van der Waals surface area contributed by atoms with Crippen LogP contribution in [0.25, 0.3) is 11.4 Å². The number of aryl methyl sites for hydroxylation is 3. The summed E-state index contributed by atoms with van der Waals surface area (Å²) in [5.41, 5.74) is 2.07. The Morgan fingerprint density at radius 1 is 1.27 bits per heavy atom. The first-order valence-corrected chi connectivity index (χ1v) is 10.7. The van der Waals surface area contributed by atoms with E-state index in [0.717, 1.165) is 55.8 Å². The summed E-state index contributed by atoms with van der Waals surface area (Å²) in [7, 11) is 0. The number of amides is 1. The van der Waals surface area contributed by atoms with Crippen LogP contribution in [-0.4, -0.2) is 48.8 Å². The molecular formula is C22H28N6O2. The summed E-state index contributed by atoms with van der Waals surface area (Å²) in [6.45, 7) is 6.60. The molecule has 0 radical (unpaired) electrons. The molecule has 2 aromatic heterocycles. The lowest BCUT2D eigenvalue weighted by atomic mass is 9.93. The van der Waals surface area contributed by atoms with Gasteiger partial charge in [-0.2, -0.15) is 4.98 Å². The second kappa shape index (κ2) is 9.19. The molecule has 3 heterocycles. The van der Waals surface area contributed by atoms with Gasteiger partial charge in [0.25, 0.3) is 0 Å². The summed E-state index contributed by atoms with van der Waals surface area (Å²) in [4.78, 5) is 19.0. The molecule has 1 saturated heterocycles. The maximum atomic E-state index is 12.6. The number of piperidine rings is 1. The number of likely N-dealkylation sites (tertiary alicyclic amines) is 1. The van der Waals surface area contributed by atoms with Crippen LogP contribution in [0.15, 0.2) is 35.1 Å². The van der Waals surface area contributed by atoms with Crippen molar-refractivity contribution in [1.82, 2.24) is 29.8 Å². The third-order valence-electron chi connectivity index (χ3n) is 5.77. The molecule has 0 spiro atoms. The molecule has 0 aliphatic carbocycles. The molecule has 1 amide bonds. The Bertz CT molecular complexity index is 987. The van der Waals surface area contributed by atoms with Crippen molar-refractivity contribution in [3.63, 3.8) is 0 Å². The summed E-state index contributed by atoms with van der Waals surface area (Å²) in [5.74, 6) is 2.83. The fourth-order valence-electron chi connectivity index (χ4n) is 3.98. The van der Waals surface area contributed by atoms with Gasteiger partial charge in [-0.15, -0.1) is 10.2 Å². The van der Waals surface area contributed by atoms with Crippen molar-refractivity contribution >= 4 is 5.91 Å². The van der Waals surface area contributed by atoms with Crippen LogP contribution in [0.4, 0.5) is 0 Å². The van der Waals surface area contributed by atoms with Gasteiger partial charge in [0.2, 0.25) is 17.6 Å². The molecule has 158 valence electrons. The standard InChI is InChI=1S/C22H28N6O2/c1-3-27-15-23-25-19(27)14-17-9-11-28(12-10-17)21(29)8-7-20-24-22(26-30-20)18-6-4-5-16(2)13-18/h4-6,13,15,17H,3,7-12,14H2,1-2H3. The van der Waals surface area contributed by atoms with E-state index in [0.29, 0.717) is 30.5 Å². The smallest absolute Gasteiger partial charge is 0.227 e. The fraction of sp³-hybridized carbons (Fsp3) is 0.500. The Kier molecular flexibility index (Phi) is 6.21. The molecule has 0 saturated carbocycles. The molecule has 0 bridgehead atoms. The van der Waals surface area contributed by atoms with Gasteiger partial charge in [-0.1, -0.05) is 28.9 Å². The van der Waals surface area contributed by atoms with E-state index in [4.69, 9.17) is 4.52 Å². The average molecular weight is 409 g/mol. The van der Waals surface area contributed by atoms with Gasteiger partial charge >= 0.3 is 0 Å². The molecule has 0 atom stereocenters. The number of carbonyl (C=O) groups excluding carboxylic acids is 1. The molecule has 1 fully saturated rings. The number of hydrogen-bond donors (Lipinski definition) is 0. The Morgan fingerprint density at radius 2 is 2.10 bits per heavy atom. The van der Waals surface area contributed by atoms with Gasteiger partial charge in [0.05, 0.1) is 0 Å². The largest absolute Gasteiger partial charge is 0.343 e. The van der Waals surface area contributed by atoms with E-state index in [1.165, 1.54) is 0 Å². The van der Waals surface area contributed by atoms with Crippen LogP contribution in [-0.2, 0) is 24.2 Å². The van der Waals surface area contributed by atoms with Crippen molar-refractivity contribution in [2.45, 2.75) is 52.5 Å². The normalized spacial score (nSPS) is 14.9. The Morgan fingerprint density at radius 3 is 2.87 bits per heavy atom. The molecule has 0 unspecified atom stereocenters. The van der Waals surface area contributed by atoms with Crippen molar-refractivity contribution in [3.8, 4) is 11.4 Å². The predicted molar refractivity (Wildman–Crippen MR) is 111 cm³/mol.